The SMILES string of the molecule is CCCCCNc1c(N[C@@H](Cc2ccc(Nc3nccc4ccccc34)cc2)C(=O)OC(N)CCCC)c(=O)c1=O. The topological polar surface area (TPSA) is 135 Å². The number of unbranched alkanes of at least 4 members (excludes halogenated alkanes) is 3. The zero-order chi connectivity index (χ0) is 29.2. The molecule has 0 bridgehead atoms. The van der Waals surface area contributed by atoms with Gasteiger partial charge in [-0.1, -0.05) is 69.5 Å². The predicted molar refractivity (Wildman–Crippen MR) is 166 cm³/mol. The van der Waals surface area contributed by atoms with Crippen LogP contribution in [-0.4, -0.2) is 29.8 Å². The average molecular weight is 558 g/mol. The smallest absolute Gasteiger partial charge is 0.330 e. The first kappa shape index (κ1) is 29.7. The Balaban J connectivity index is 1.49. The Kier molecular flexibility index (Phi) is 10.5. The largest absolute Gasteiger partial charge is 0.445 e. The van der Waals surface area contributed by atoms with E-state index in [-0.39, 0.29) is 17.8 Å². The van der Waals surface area contributed by atoms with Gasteiger partial charge in [0, 0.05) is 30.2 Å². The maximum absolute atomic E-state index is 13.2. The zero-order valence-electron chi connectivity index (χ0n) is 23.7. The van der Waals surface area contributed by atoms with E-state index in [0.29, 0.717) is 13.0 Å². The number of benzene rings is 2. The Labute approximate surface area is 240 Å². The first-order valence-corrected chi connectivity index (χ1v) is 14.4. The summed E-state index contributed by atoms with van der Waals surface area (Å²) in [6, 6.07) is 16.7. The maximum Gasteiger partial charge on any atom is 0.330 e. The quantitative estimate of drug-likeness (QED) is 0.0633. The summed E-state index contributed by atoms with van der Waals surface area (Å²) in [5.41, 5.74) is 6.85. The van der Waals surface area contributed by atoms with Gasteiger partial charge in [-0.2, -0.15) is 0 Å². The molecular formula is C32H39N5O4. The first-order valence-electron chi connectivity index (χ1n) is 14.4. The summed E-state index contributed by atoms with van der Waals surface area (Å²) >= 11 is 0. The van der Waals surface area contributed by atoms with Crippen molar-refractivity contribution in [2.45, 2.75) is 71.1 Å². The van der Waals surface area contributed by atoms with Crippen molar-refractivity contribution in [1.82, 2.24) is 4.98 Å². The van der Waals surface area contributed by atoms with E-state index in [1.807, 2.05) is 61.5 Å². The van der Waals surface area contributed by atoms with Crippen LogP contribution in [0.2, 0.25) is 0 Å². The fourth-order valence-corrected chi connectivity index (χ4v) is 4.67. The van der Waals surface area contributed by atoms with Crippen molar-refractivity contribution < 1.29 is 9.53 Å². The first-order chi connectivity index (χ1) is 19.9. The molecule has 0 spiro atoms. The van der Waals surface area contributed by atoms with E-state index < -0.39 is 29.1 Å². The second-order valence-corrected chi connectivity index (χ2v) is 10.3. The molecule has 5 N–H and O–H groups in total. The van der Waals surface area contributed by atoms with Gasteiger partial charge in [-0.05, 0) is 48.4 Å². The lowest BCUT2D eigenvalue weighted by molar-refractivity contribution is -0.150. The average Bonchev–Trinajstić information content (AvgIpc) is 2.99. The Bertz CT molecular complexity index is 1510. The predicted octanol–water partition coefficient (Wildman–Crippen LogP) is 5.22. The highest BCUT2D eigenvalue weighted by molar-refractivity contribution is 5.93. The molecule has 0 aliphatic heterocycles. The van der Waals surface area contributed by atoms with E-state index in [2.05, 4.69) is 27.9 Å². The number of ether oxygens (including phenoxy) is 1. The van der Waals surface area contributed by atoms with Gasteiger partial charge < -0.3 is 20.7 Å². The van der Waals surface area contributed by atoms with Crippen LogP contribution in [0.4, 0.5) is 22.9 Å². The van der Waals surface area contributed by atoms with Gasteiger partial charge in [-0.15, -0.1) is 0 Å². The van der Waals surface area contributed by atoms with Crippen LogP contribution in [0.5, 0.6) is 0 Å². The summed E-state index contributed by atoms with van der Waals surface area (Å²) in [7, 11) is 0. The number of nitrogens with one attached hydrogen (secondary N) is 3. The lowest BCUT2D eigenvalue weighted by atomic mass is 10.0. The number of esters is 1. The molecule has 2 atom stereocenters. The molecule has 4 rings (SSSR count). The Morgan fingerprint density at radius 1 is 0.927 bits per heavy atom. The summed E-state index contributed by atoms with van der Waals surface area (Å²) in [5, 5.41) is 11.5. The van der Waals surface area contributed by atoms with E-state index in [0.717, 1.165) is 59.9 Å². The third kappa shape index (κ3) is 7.70. The molecule has 3 aromatic carbocycles. The molecule has 0 saturated carbocycles. The minimum absolute atomic E-state index is 0.121. The number of anilines is 4. The van der Waals surface area contributed by atoms with Crippen LogP contribution >= 0.6 is 0 Å². The minimum atomic E-state index is -0.902. The van der Waals surface area contributed by atoms with Crippen LogP contribution in [-0.2, 0) is 16.0 Å². The van der Waals surface area contributed by atoms with E-state index in [1.54, 1.807) is 6.20 Å². The fourth-order valence-electron chi connectivity index (χ4n) is 4.67. The second kappa shape index (κ2) is 14.4. The van der Waals surface area contributed by atoms with Crippen molar-refractivity contribution in [1.29, 1.82) is 0 Å². The van der Waals surface area contributed by atoms with Gasteiger partial charge in [0.25, 0.3) is 10.9 Å². The third-order valence-corrected chi connectivity index (χ3v) is 7.04. The Morgan fingerprint density at radius 3 is 2.41 bits per heavy atom. The molecule has 0 saturated heterocycles. The lowest BCUT2D eigenvalue weighted by Crippen LogP contribution is -2.44. The fraction of sp³-hybridized carbons (Fsp3) is 0.375. The molecule has 0 amide bonds. The number of carbonyl (C=O) groups is 1. The van der Waals surface area contributed by atoms with E-state index >= 15 is 0 Å². The molecule has 0 aliphatic rings. The highest BCUT2D eigenvalue weighted by Gasteiger charge is 2.28. The van der Waals surface area contributed by atoms with Crippen LogP contribution in [0.3, 0.4) is 0 Å². The van der Waals surface area contributed by atoms with Gasteiger partial charge in [-0.3, -0.25) is 15.3 Å². The molecular weight excluding hydrogens is 518 g/mol. The standard InChI is InChI=1S/C32H39N5O4/c1-3-5-9-18-34-27-28(30(39)29(27)38)37-25(32(40)41-26(33)12-6-4-2)20-21-13-15-23(16-14-21)36-31-24-11-8-7-10-22(24)17-19-35-31/h7-8,10-11,13-17,19,25-26,34,37H,3-6,9,12,18,20,33H2,1-2H3,(H,35,36)/t25-,26?/m0/s1. The lowest BCUT2D eigenvalue weighted by Gasteiger charge is -2.23. The summed E-state index contributed by atoms with van der Waals surface area (Å²) < 4.78 is 5.53. The molecule has 4 aromatic rings. The maximum atomic E-state index is 13.2. The molecule has 9 heteroatoms. The van der Waals surface area contributed by atoms with Crippen LogP contribution in [0.25, 0.3) is 10.8 Å². The molecule has 216 valence electrons. The normalized spacial score (nSPS) is 12.7. The number of fused-ring (bicyclic) bond motifs is 1. The molecule has 1 heterocycles. The molecule has 1 aromatic heterocycles. The molecule has 9 nitrogen and oxygen atoms in total. The Morgan fingerprint density at radius 2 is 1.66 bits per heavy atom. The Hall–Kier alpha value is -4.24. The molecule has 0 aliphatic carbocycles. The summed E-state index contributed by atoms with van der Waals surface area (Å²) in [6.07, 6.45) is 6.48. The van der Waals surface area contributed by atoms with Gasteiger partial charge in [0.05, 0.1) is 0 Å². The molecule has 0 radical (unpaired) electrons. The van der Waals surface area contributed by atoms with E-state index in [1.165, 1.54) is 0 Å². The highest BCUT2D eigenvalue weighted by atomic mass is 16.6. The van der Waals surface area contributed by atoms with Crippen molar-refractivity contribution in [3.05, 3.63) is 86.8 Å². The number of hydrogen-bond acceptors (Lipinski definition) is 9. The van der Waals surface area contributed by atoms with Crippen molar-refractivity contribution in [2.24, 2.45) is 5.73 Å². The number of nitrogens with zero attached hydrogens (tertiary/aromatic N) is 1. The second-order valence-electron chi connectivity index (χ2n) is 10.3. The van der Waals surface area contributed by atoms with Gasteiger partial charge >= 0.3 is 5.97 Å². The third-order valence-electron chi connectivity index (χ3n) is 7.04. The monoisotopic (exact) mass is 557 g/mol. The molecule has 41 heavy (non-hydrogen) atoms. The molecule has 1 unspecified atom stereocenters. The number of aromatic nitrogens is 1. The zero-order valence-corrected chi connectivity index (χ0v) is 23.7. The minimum Gasteiger partial charge on any atom is -0.445 e. The van der Waals surface area contributed by atoms with Crippen LogP contribution in [0, 0.1) is 0 Å². The number of rotatable bonds is 16. The number of pyridine rings is 1. The molecule has 0 fully saturated rings. The summed E-state index contributed by atoms with van der Waals surface area (Å²) in [6.45, 7) is 4.70. The van der Waals surface area contributed by atoms with E-state index in [9.17, 15) is 14.4 Å². The van der Waals surface area contributed by atoms with Gasteiger partial charge in [0.15, 0.2) is 6.23 Å². The van der Waals surface area contributed by atoms with Crippen LogP contribution in [0.1, 0.15) is 57.9 Å². The number of nitrogens with two attached hydrogens (primary N) is 1. The highest BCUT2D eigenvalue weighted by Crippen LogP contribution is 2.25. The van der Waals surface area contributed by atoms with Crippen molar-refractivity contribution in [2.75, 3.05) is 22.5 Å². The summed E-state index contributed by atoms with van der Waals surface area (Å²) in [4.78, 5) is 42.4. The van der Waals surface area contributed by atoms with E-state index in [4.69, 9.17) is 10.5 Å². The van der Waals surface area contributed by atoms with Crippen LogP contribution in [0.15, 0.2) is 70.4 Å². The van der Waals surface area contributed by atoms with Gasteiger partial charge in [0.1, 0.15) is 23.2 Å². The van der Waals surface area contributed by atoms with Gasteiger partial charge in [0.2, 0.25) is 0 Å². The number of carbonyl (C=O) groups excluding carboxylic acids is 1. The van der Waals surface area contributed by atoms with Crippen molar-refractivity contribution in [3.63, 3.8) is 0 Å². The van der Waals surface area contributed by atoms with Gasteiger partial charge in [-0.25, -0.2) is 9.78 Å². The number of hydrogen-bond donors (Lipinski definition) is 4. The van der Waals surface area contributed by atoms with Crippen LogP contribution < -0.4 is 32.5 Å². The summed E-state index contributed by atoms with van der Waals surface area (Å²) in [5.74, 6) is 0.180. The van der Waals surface area contributed by atoms with Crippen molar-refractivity contribution >= 4 is 39.6 Å². The van der Waals surface area contributed by atoms with Crippen molar-refractivity contribution in [3.8, 4) is 0 Å².